The van der Waals surface area contributed by atoms with Gasteiger partial charge >= 0.3 is 0 Å². The normalized spacial score (nSPS) is 16.9. The highest BCUT2D eigenvalue weighted by Crippen LogP contribution is 2.34. The summed E-state index contributed by atoms with van der Waals surface area (Å²) in [4.78, 5) is 2.32. The van der Waals surface area contributed by atoms with Gasteiger partial charge in [-0.1, -0.05) is 12.8 Å². The van der Waals surface area contributed by atoms with Crippen LogP contribution in [0.15, 0.2) is 18.2 Å². The molecule has 1 aliphatic carbocycles. The Morgan fingerprint density at radius 3 is 2.60 bits per heavy atom. The van der Waals surface area contributed by atoms with Crippen LogP contribution in [0.1, 0.15) is 31.2 Å². The van der Waals surface area contributed by atoms with E-state index < -0.39 is 0 Å². The first-order valence-corrected chi connectivity index (χ1v) is 7.11. The van der Waals surface area contributed by atoms with Gasteiger partial charge in [0.15, 0.2) is 0 Å². The molecule has 0 heterocycles. The lowest BCUT2D eigenvalue weighted by atomic mass is 9.95. The molecule has 1 aromatic carbocycles. The fraction of sp³-hybridized carbons (Fsp3) is 0.562. The standard InChI is InChI=1S/C16H23N3O/c1-19(2)16(8-4-5-9-16)12-18-15-10-14(20-3)7-6-13(15)11-17/h6-7,10,18H,4-5,8-9,12H2,1-3H3. The summed E-state index contributed by atoms with van der Waals surface area (Å²) in [6.07, 6.45) is 4.98. The highest BCUT2D eigenvalue weighted by Gasteiger charge is 2.35. The summed E-state index contributed by atoms with van der Waals surface area (Å²) in [5.41, 5.74) is 1.73. The third kappa shape index (κ3) is 2.88. The first kappa shape index (κ1) is 14.7. The Balaban J connectivity index is 2.15. The second-order valence-corrected chi connectivity index (χ2v) is 5.70. The van der Waals surface area contributed by atoms with E-state index >= 15 is 0 Å². The number of nitriles is 1. The number of ether oxygens (including phenoxy) is 1. The number of benzene rings is 1. The maximum atomic E-state index is 9.21. The fourth-order valence-electron chi connectivity index (χ4n) is 2.97. The minimum absolute atomic E-state index is 0.204. The van der Waals surface area contributed by atoms with E-state index in [4.69, 9.17) is 4.74 Å². The van der Waals surface area contributed by atoms with Crippen molar-refractivity contribution in [3.63, 3.8) is 0 Å². The fourth-order valence-corrected chi connectivity index (χ4v) is 2.97. The quantitative estimate of drug-likeness (QED) is 0.896. The van der Waals surface area contributed by atoms with Crippen molar-refractivity contribution in [1.82, 2.24) is 4.90 Å². The minimum atomic E-state index is 0.204. The Hall–Kier alpha value is -1.73. The molecule has 0 bridgehead atoms. The van der Waals surface area contributed by atoms with Crippen LogP contribution in [0.2, 0.25) is 0 Å². The van der Waals surface area contributed by atoms with Crippen molar-refractivity contribution in [2.24, 2.45) is 0 Å². The smallest absolute Gasteiger partial charge is 0.121 e. The number of nitrogens with zero attached hydrogens (tertiary/aromatic N) is 2. The van der Waals surface area contributed by atoms with Gasteiger partial charge in [0.1, 0.15) is 11.8 Å². The number of methoxy groups -OCH3 is 1. The van der Waals surface area contributed by atoms with Crippen molar-refractivity contribution in [1.29, 1.82) is 5.26 Å². The van der Waals surface area contributed by atoms with Crippen LogP contribution in [0.5, 0.6) is 5.75 Å². The van der Waals surface area contributed by atoms with Crippen molar-refractivity contribution in [2.45, 2.75) is 31.2 Å². The number of rotatable bonds is 5. The second-order valence-electron chi connectivity index (χ2n) is 5.70. The average molecular weight is 273 g/mol. The average Bonchev–Trinajstić information content (AvgIpc) is 2.95. The van der Waals surface area contributed by atoms with Gasteiger partial charge in [-0.05, 0) is 39.1 Å². The molecule has 1 N–H and O–H groups in total. The van der Waals surface area contributed by atoms with E-state index in [1.807, 2.05) is 12.1 Å². The van der Waals surface area contributed by atoms with Crippen LogP contribution in [-0.2, 0) is 0 Å². The Kier molecular flexibility index (Phi) is 4.51. The van der Waals surface area contributed by atoms with Crippen LogP contribution in [-0.4, -0.2) is 38.2 Å². The summed E-state index contributed by atoms with van der Waals surface area (Å²) in [7, 11) is 5.93. The lowest BCUT2D eigenvalue weighted by Gasteiger charge is -2.37. The maximum absolute atomic E-state index is 9.21. The molecule has 1 saturated carbocycles. The van der Waals surface area contributed by atoms with Crippen LogP contribution >= 0.6 is 0 Å². The Labute approximate surface area is 121 Å². The molecular weight excluding hydrogens is 250 g/mol. The Morgan fingerprint density at radius 1 is 1.35 bits per heavy atom. The Morgan fingerprint density at radius 2 is 2.05 bits per heavy atom. The molecule has 0 saturated heterocycles. The molecule has 0 atom stereocenters. The van der Waals surface area contributed by atoms with Crippen molar-refractivity contribution < 1.29 is 4.74 Å². The second kappa shape index (κ2) is 6.15. The SMILES string of the molecule is COc1ccc(C#N)c(NCC2(N(C)C)CCCC2)c1. The van der Waals surface area contributed by atoms with E-state index in [1.54, 1.807) is 13.2 Å². The number of likely N-dealkylation sites (N-methyl/N-ethyl adjacent to an activating group) is 1. The van der Waals surface area contributed by atoms with Crippen LogP contribution in [0.25, 0.3) is 0 Å². The van der Waals surface area contributed by atoms with E-state index in [2.05, 4.69) is 30.4 Å². The molecule has 4 nitrogen and oxygen atoms in total. The lowest BCUT2D eigenvalue weighted by molar-refractivity contribution is 0.172. The summed E-state index contributed by atoms with van der Waals surface area (Å²) in [6, 6.07) is 7.76. The zero-order valence-corrected chi connectivity index (χ0v) is 12.6. The summed E-state index contributed by atoms with van der Waals surface area (Å²) in [5, 5.41) is 12.7. The van der Waals surface area contributed by atoms with Crippen LogP contribution in [0, 0.1) is 11.3 Å². The van der Waals surface area contributed by atoms with Gasteiger partial charge in [0.25, 0.3) is 0 Å². The zero-order valence-electron chi connectivity index (χ0n) is 12.6. The van der Waals surface area contributed by atoms with Gasteiger partial charge < -0.3 is 15.0 Å². The van der Waals surface area contributed by atoms with Gasteiger partial charge in [0.2, 0.25) is 0 Å². The maximum Gasteiger partial charge on any atom is 0.121 e. The monoisotopic (exact) mass is 273 g/mol. The molecule has 1 fully saturated rings. The van der Waals surface area contributed by atoms with Crippen molar-refractivity contribution in [3.05, 3.63) is 23.8 Å². The predicted octanol–water partition coefficient (Wildman–Crippen LogP) is 2.85. The predicted molar refractivity (Wildman–Crippen MR) is 81.1 cm³/mol. The van der Waals surface area contributed by atoms with Gasteiger partial charge in [-0.15, -0.1) is 0 Å². The molecule has 1 aromatic rings. The molecule has 0 radical (unpaired) electrons. The van der Waals surface area contributed by atoms with Gasteiger partial charge in [-0.2, -0.15) is 5.26 Å². The van der Waals surface area contributed by atoms with E-state index in [0.717, 1.165) is 18.0 Å². The highest BCUT2D eigenvalue weighted by atomic mass is 16.5. The number of anilines is 1. The molecule has 0 amide bonds. The lowest BCUT2D eigenvalue weighted by Crippen LogP contribution is -2.47. The van der Waals surface area contributed by atoms with Crippen LogP contribution in [0.3, 0.4) is 0 Å². The molecule has 1 aliphatic rings. The molecular formula is C16H23N3O. The third-order valence-corrected chi connectivity index (χ3v) is 4.44. The Bertz CT molecular complexity index is 499. The van der Waals surface area contributed by atoms with Crippen molar-refractivity contribution in [2.75, 3.05) is 33.1 Å². The third-order valence-electron chi connectivity index (χ3n) is 4.44. The molecule has 20 heavy (non-hydrogen) atoms. The minimum Gasteiger partial charge on any atom is -0.497 e. The number of hydrogen-bond donors (Lipinski definition) is 1. The highest BCUT2D eigenvalue weighted by molar-refractivity contribution is 5.60. The van der Waals surface area contributed by atoms with E-state index in [1.165, 1.54) is 25.7 Å². The van der Waals surface area contributed by atoms with E-state index in [-0.39, 0.29) is 5.54 Å². The largest absolute Gasteiger partial charge is 0.497 e. The summed E-state index contributed by atoms with van der Waals surface area (Å²) in [6.45, 7) is 0.863. The summed E-state index contributed by atoms with van der Waals surface area (Å²) >= 11 is 0. The summed E-state index contributed by atoms with van der Waals surface area (Å²) in [5.74, 6) is 0.775. The van der Waals surface area contributed by atoms with Crippen molar-refractivity contribution >= 4 is 5.69 Å². The summed E-state index contributed by atoms with van der Waals surface area (Å²) < 4.78 is 5.24. The number of nitrogens with one attached hydrogen (secondary N) is 1. The first-order chi connectivity index (χ1) is 9.61. The molecule has 0 spiro atoms. The number of hydrogen-bond acceptors (Lipinski definition) is 4. The molecule has 0 aromatic heterocycles. The molecule has 0 unspecified atom stereocenters. The van der Waals surface area contributed by atoms with Gasteiger partial charge in [0, 0.05) is 18.2 Å². The van der Waals surface area contributed by atoms with Crippen molar-refractivity contribution in [3.8, 4) is 11.8 Å². The zero-order chi connectivity index (χ0) is 14.6. The molecule has 4 heteroatoms. The van der Waals surface area contributed by atoms with Gasteiger partial charge in [-0.3, -0.25) is 0 Å². The van der Waals surface area contributed by atoms with Gasteiger partial charge in [-0.25, -0.2) is 0 Å². The van der Waals surface area contributed by atoms with Gasteiger partial charge in [0.05, 0.1) is 18.4 Å². The first-order valence-electron chi connectivity index (χ1n) is 7.11. The molecule has 0 aliphatic heterocycles. The molecule has 2 rings (SSSR count). The van der Waals surface area contributed by atoms with E-state index in [0.29, 0.717) is 5.56 Å². The van der Waals surface area contributed by atoms with Crippen LogP contribution in [0.4, 0.5) is 5.69 Å². The van der Waals surface area contributed by atoms with Crippen LogP contribution < -0.4 is 10.1 Å². The molecule has 108 valence electrons. The van der Waals surface area contributed by atoms with E-state index in [9.17, 15) is 5.26 Å². The topological polar surface area (TPSA) is 48.3 Å².